The molecule has 0 atom stereocenters. The molecule has 0 aliphatic rings. The lowest BCUT2D eigenvalue weighted by atomic mass is 10.0. The molecule has 2 rings (SSSR count). The molecule has 0 bridgehead atoms. The molecule has 0 heterocycles. The molecule has 2 aromatic carbocycles. The normalized spacial score (nSPS) is 10.2. The smallest absolute Gasteiger partial charge is 0.174 e. The molecule has 0 aliphatic carbocycles. The fraction of sp³-hybridized carbons (Fsp3) is 0.278. The molecule has 0 saturated heterocycles. The number of nitriles is 1. The van der Waals surface area contributed by atoms with E-state index in [1.165, 1.54) is 11.1 Å². The Morgan fingerprint density at radius 1 is 1.05 bits per heavy atom. The summed E-state index contributed by atoms with van der Waals surface area (Å²) in [7, 11) is 0. The maximum absolute atomic E-state index is 8.46. The summed E-state index contributed by atoms with van der Waals surface area (Å²) in [6.45, 7) is 5.23. The van der Waals surface area contributed by atoms with E-state index in [9.17, 15) is 0 Å². The first kappa shape index (κ1) is 14.9. The van der Waals surface area contributed by atoms with Gasteiger partial charge >= 0.3 is 0 Å². The molecule has 0 unspecified atom stereocenters. The molecule has 0 aromatic heterocycles. The van der Waals surface area contributed by atoms with Crippen LogP contribution >= 0.6 is 0 Å². The summed E-state index contributed by atoms with van der Waals surface area (Å²) in [5.41, 5.74) is 3.64. The third kappa shape index (κ3) is 4.54. The van der Waals surface area contributed by atoms with E-state index in [1.807, 2.05) is 30.3 Å². The highest BCUT2D eigenvalue weighted by molar-refractivity contribution is 5.45. The van der Waals surface area contributed by atoms with Crippen LogP contribution in [0.4, 0.5) is 5.69 Å². The van der Waals surface area contributed by atoms with Gasteiger partial charge in [-0.15, -0.1) is 0 Å². The molecular formula is C18H20N2O. The second-order valence-corrected chi connectivity index (χ2v) is 5.22. The lowest BCUT2D eigenvalue weighted by Crippen LogP contribution is -2.00. The van der Waals surface area contributed by atoms with Gasteiger partial charge in [-0.3, -0.25) is 0 Å². The summed E-state index contributed by atoms with van der Waals surface area (Å²) in [5, 5.41) is 11.9. The zero-order valence-corrected chi connectivity index (χ0v) is 12.5. The van der Waals surface area contributed by atoms with Gasteiger partial charge < -0.3 is 10.1 Å². The Morgan fingerprint density at radius 3 is 2.29 bits per heavy atom. The summed E-state index contributed by atoms with van der Waals surface area (Å²) in [6, 6.07) is 18.3. The van der Waals surface area contributed by atoms with Gasteiger partial charge in [0.05, 0.1) is 0 Å². The quantitative estimate of drug-likeness (QED) is 0.856. The molecule has 21 heavy (non-hydrogen) atoms. The van der Waals surface area contributed by atoms with Crippen molar-refractivity contribution in [1.29, 1.82) is 5.26 Å². The van der Waals surface area contributed by atoms with Crippen LogP contribution in [0.15, 0.2) is 48.5 Å². The van der Waals surface area contributed by atoms with Crippen LogP contribution in [0.3, 0.4) is 0 Å². The van der Waals surface area contributed by atoms with Gasteiger partial charge in [0.15, 0.2) is 6.61 Å². The number of benzene rings is 2. The molecule has 1 N–H and O–H groups in total. The highest BCUT2D eigenvalue weighted by Crippen LogP contribution is 2.18. The predicted octanol–water partition coefficient (Wildman–Crippen LogP) is 4.32. The van der Waals surface area contributed by atoms with Crippen LogP contribution in [0.25, 0.3) is 0 Å². The Hall–Kier alpha value is -2.47. The summed E-state index contributed by atoms with van der Waals surface area (Å²) in [6.07, 6.45) is 0. The average molecular weight is 280 g/mol. The Morgan fingerprint density at radius 2 is 1.71 bits per heavy atom. The van der Waals surface area contributed by atoms with Gasteiger partial charge in [-0.2, -0.15) is 5.26 Å². The first-order chi connectivity index (χ1) is 10.2. The van der Waals surface area contributed by atoms with Crippen molar-refractivity contribution in [3.8, 4) is 11.8 Å². The van der Waals surface area contributed by atoms with E-state index in [4.69, 9.17) is 10.00 Å². The van der Waals surface area contributed by atoms with Crippen molar-refractivity contribution in [2.24, 2.45) is 0 Å². The van der Waals surface area contributed by atoms with Crippen molar-refractivity contribution in [2.75, 3.05) is 11.9 Å². The zero-order valence-electron chi connectivity index (χ0n) is 12.5. The summed E-state index contributed by atoms with van der Waals surface area (Å²) >= 11 is 0. The van der Waals surface area contributed by atoms with Crippen molar-refractivity contribution in [2.45, 2.75) is 26.3 Å². The van der Waals surface area contributed by atoms with Gasteiger partial charge in [0.25, 0.3) is 0 Å². The Kier molecular flexibility index (Phi) is 5.22. The van der Waals surface area contributed by atoms with Crippen LogP contribution in [-0.4, -0.2) is 6.61 Å². The average Bonchev–Trinajstić information content (AvgIpc) is 2.52. The number of nitrogens with zero attached hydrogens (tertiary/aromatic N) is 1. The predicted molar refractivity (Wildman–Crippen MR) is 85.4 cm³/mol. The number of nitrogens with one attached hydrogen (secondary N) is 1. The SMILES string of the molecule is CC(C)c1ccc(NCc2ccc(OCC#N)cc2)cc1. The van der Waals surface area contributed by atoms with E-state index < -0.39 is 0 Å². The molecule has 2 aromatic rings. The van der Waals surface area contributed by atoms with Crippen molar-refractivity contribution >= 4 is 5.69 Å². The second-order valence-electron chi connectivity index (χ2n) is 5.22. The largest absolute Gasteiger partial charge is 0.479 e. The lowest BCUT2D eigenvalue weighted by molar-refractivity contribution is 0.368. The molecule has 0 spiro atoms. The summed E-state index contributed by atoms with van der Waals surface area (Å²) in [4.78, 5) is 0. The van der Waals surface area contributed by atoms with E-state index in [1.54, 1.807) is 0 Å². The minimum Gasteiger partial charge on any atom is -0.479 e. The molecule has 0 saturated carbocycles. The standard InChI is InChI=1S/C18H20N2O/c1-14(2)16-5-7-17(8-6-16)20-13-15-3-9-18(10-4-15)21-12-11-19/h3-10,14,20H,12-13H2,1-2H3. The molecule has 0 aliphatic heterocycles. The molecule has 3 nitrogen and oxygen atoms in total. The highest BCUT2D eigenvalue weighted by atomic mass is 16.5. The monoisotopic (exact) mass is 280 g/mol. The van der Waals surface area contributed by atoms with E-state index in [2.05, 4.69) is 43.4 Å². The summed E-state index contributed by atoms with van der Waals surface area (Å²) in [5.74, 6) is 1.28. The molecule has 0 radical (unpaired) electrons. The van der Waals surface area contributed by atoms with Crippen LogP contribution in [0.1, 0.15) is 30.9 Å². The minimum absolute atomic E-state index is 0.0831. The van der Waals surface area contributed by atoms with Crippen LogP contribution in [0.2, 0.25) is 0 Å². The molecule has 108 valence electrons. The third-order valence-corrected chi connectivity index (χ3v) is 3.30. The van der Waals surface area contributed by atoms with E-state index in [-0.39, 0.29) is 6.61 Å². The summed E-state index contributed by atoms with van der Waals surface area (Å²) < 4.78 is 5.23. The lowest BCUT2D eigenvalue weighted by Gasteiger charge is -2.10. The number of hydrogen-bond acceptors (Lipinski definition) is 3. The fourth-order valence-corrected chi connectivity index (χ4v) is 2.01. The van der Waals surface area contributed by atoms with Crippen molar-refractivity contribution in [1.82, 2.24) is 0 Å². The maximum atomic E-state index is 8.46. The second kappa shape index (κ2) is 7.35. The van der Waals surface area contributed by atoms with Crippen molar-refractivity contribution in [3.05, 3.63) is 59.7 Å². The Labute approximate surface area is 126 Å². The van der Waals surface area contributed by atoms with Gasteiger partial charge in [-0.05, 0) is 41.3 Å². The van der Waals surface area contributed by atoms with Gasteiger partial charge in [0, 0.05) is 12.2 Å². The number of ether oxygens (including phenoxy) is 1. The minimum atomic E-state index is 0.0831. The van der Waals surface area contributed by atoms with Crippen LogP contribution < -0.4 is 10.1 Å². The first-order valence-electron chi connectivity index (χ1n) is 7.11. The first-order valence-corrected chi connectivity index (χ1v) is 7.11. The number of rotatable bonds is 6. The van der Waals surface area contributed by atoms with Gasteiger partial charge in [-0.1, -0.05) is 38.1 Å². The van der Waals surface area contributed by atoms with Crippen molar-refractivity contribution < 1.29 is 4.74 Å². The van der Waals surface area contributed by atoms with Gasteiger partial charge in [0.2, 0.25) is 0 Å². The van der Waals surface area contributed by atoms with Gasteiger partial charge in [-0.25, -0.2) is 0 Å². The van der Waals surface area contributed by atoms with E-state index in [0.717, 1.165) is 18.0 Å². The van der Waals surface area contributed by atoms with Gasteiger partial charge in [0.1, 0.15) is 11.8 Å². The van der Waals surface area contributed by atoms with Crippen LogP contribution in [0.5, 0.6) is 5.75 Å². The molecule has 0 amide bonds. The number of anilines is 1. The molecule has 0 fully saturated rings. The third-order valence-electron chi connectivity index (χ3n) is 3.30. The maximum Gasteiger partial charge on any atom is 0.174 e. The van der Waals surface area contributed by atoms with Crippen LogP contribution in [0, 0.1) is 11.3 Å². The van der Waals surface area contributed by atoms with Crippen molar-refractivity contribution in [3.63, 3.8) is 0 Å². The Balaban J connectivity index is 1.89. The zero-order chi connectivity index (χ0) is 15.1. The molecular weight excluding hydrogens is 260 g/mol. The van der Waals surface area contributed by atoms with E-state index in [0.29, 0.717) is 5.92 Å². The highest BCUT2D eigenvalue weighted by Gasteiger charge is 1.99. The Bertz CT molecular complexity index is 595. The topological polar surface area (TPSA) is 45.0 Å². The van der Waals surface area contributed by atoms with E-state index >= 15 is 0 Å². The number of hydrogen-bond donors (Lipinski definition) is 1. The van der Waals surface area contributed by atoms with Crippen LogP contribution in [-0.2, 0) is 6.54 Å². The molecule has 3 heteroatoms. The fourth-order valence-electron chi connectivity index (χ4n) is 2.01.